The molecule has 33 heavy (non-hydrogen) atoms. The summed E-state index contributed by atoms with van der Waals surface area (Å²) in [5, 5.41) is 5.57. The highest BCUT2D eigenvalue weighted by Crippen LogP contribution is 2.41. The SMILES string of the molecule is CCOC(=O)[C@H]1CC1C(=O)Nc1cc2cc(C3CCN(C4(C)COC4)CC3)c(Cl)cc2cn1. The molecule has 5 rings (SSSR count). The third-order valence-corrected chi connectivity index (χ3v) is 7.66. The van der Waals surface area contributed by atoms with Crippen molar-refractivity contribution in [1.82, 2.24) is 9.88 Å². The normalized spacial score (nSPS) is 24.8. The van der Waals surface area contributed by atoms with Crippen LogP contribution in [0.3, 0.4) is 0 Å². The molecule has 7 nitrogen and oxygen atoms in total. The van der Waals surface area contributed by atoms with Crippen LogP contribution in [0.4, 0.5) is 5.82 Å². The number of benzene rings is 1. The summed E-state index contributed by atoms with van der Waals surface area (Å²) in [6.45, 7) is 8.09. The van der Waals surface area contributed by atoms with Gasteiger partial charge >= 0.3 is 5.97 Å². The molecule has 2 aromatic rings. The van der Waals surface area contributed by atoms with Crippen LogP contribution >= 0.6 is 11.6 Å². The number of fused-ring (bicyclic) bond motifs is 1. The van der Waals surface area contributed by atoms with E-state index in [-0.39, 0.29) is 29.3 Å². The fourth-order valence-corrected chi connectivity index (χ4v) is 5.41. The first kappa shape index (κ1) is 22.6. The van der Waals surface area contributed by atoms with Gasteiger partial charge in [0.25, 0.3) is 0 Å². The number of aromatic nitrogens is 1. The highest BCUT2D eigenvalue weighted by molar-refractivity contribution is 6.32. The lowest BCUT2D eigenvalue weighted by molar-refractivity contribution is -0.145. The predicted molar refractivity (Wildman–Crippen MR) is 126 cm³/mol. The van der Waals surface area contributed by atoms with E-state index in [0.29, 0.717) is 24.8 Å². The molecule has 2 aliphatic heterocycles. The molecule has 2 saturated heterocycles. The van der Waals surface area contributed by atoms with Crippen LogP contribution in [0.25, 0.3) is 10.8 Å². The van der Waals surface area contributed by atoms with Crippen LogP contribution in [0.15, 0.2) is 24.4 Å². The molecule has 2 atom stereocenters. The minimum absolute atomic E-state index is 0.185. The number of hydrogen-bond acceptors (Lipinski definition) is 6. The average molecular weight is 472 g/mol. The van der Waals surface area contributed by atoms with E-state index in [4.69, 9.17) is 21.1 Å². The van der Waals surface area contributed by atoms with Gasteiger partial charge in [0, 0.05) is 16.6 Å². The van der Waals surface area contributed by atoms with Gasteiger partial charge in [0.2, 0.25) is 5.91 Å². The van der Waals surface area contributed by atoms with Crippen LogP contribution in [-0.2, 0) is 19.1 Å². The van der Waals surface area contributed by atoms with Crippen LogP contribution in [0.2, 0.25) is 5.02 Å². The first-order valence-electron chi connectivity index (χ1n) is 11.8. The standard InChI is InChI=1S/C25H30ClN3O4/c1-3-33-24(31)20-11-19(20)23(30)28-22-10-16-8-18(21(26)9-17(16)12-27-22)15-4-6-29(7-5-15)25(2)13-32-14-25/h8-10,12,15,19-20H,3-7,11,13-14H2,1-2H3,(H,27,28,30)/t19?,20-/m0/s1. The van der Waals surface area contributed by atoms with E-state index >= 15 is 0 Å². The van der Waals surface area contributed by atoms with Crippen LogP contribution in [0.1, 0.15) is 44.6 Å². The first-order valence-corrected chi connectivity index (χ1v) is 12.2. The lowest BCUT2D eigenvalue weighted by Gasteiger charge is -2.50. The van der Waals surface area contributed by atoms with E-state index < -0.39 is 0 Å². The van der Waals surface area contributed by atoms with Gasteiger partial charge in [-0.25, -0.2) is 4.98 Å². The summed E-state index contributed by atoms with van der Waals surface area (Å²) < 4.78 is 10.4. The zero-order valence-corrected chi connectivity index (χ0v) is 19.9. The van der Waals surface area contributed by atoms with Gasteiger partial charge in [0.1, 0.15) is 5.82 Å². The van der Waals surface area contributed by atoms with E-state index in [1.807, 2.05) is 12.1 Å². The van der Waals surface area contributed by atoms with E-state index in [1.165, 1.54) is 0 Å². The monoisotopic (exact) mass is 471 g/mol. The highest BCUT2D eigenvalue weighted by Gasteiger charge is 2.49. The molecule has 1 unspecified atom stereocenters. The Morgan fingerprint density at radius 2 is 1.97 bits per heavy atom. The summed E-state index contributed by atoms with van der Waals surface area (Å²) in [5.74, 6) is -0.261. The molecule has 3 heterocycles. The molecule has 0 spiro atoms. The van der Waals surface area contributed by atoms with Crippen molar-refractivity contribution in [2.24, 2.45) is 11.8 Å². The smallest absolute Gasteiger partial charge is 0.309 e. The Bertz CT molecular complexity index is 1080. The molecule has 0 bridgehead atoms. The number of pyridine rings is 1. The van der Waals surface area contributed by atoms with Gasteiger partial charge in [-0.2, -0.15) is 0 Å². The first-order chi connectivity index (χ1) is 15.9. The number of nitrogens with zero attached hydrogens (tertiary/aromatic N) is 2. The molecule has 176 valence electrons. The molecule has 1 N–H and O–H groups in total. The largest absolute Gasteiger partial charge is 0.466 e. The third-order valence-electron chi connectivity index (χ3n) is 7.33. The predicted octanol–water partition coefficient (Wildman–Crippen LogP) is 3.99. The topological polar surface area (TPSA) is 80.8 Å². The van der Waals surface area contributed by atoms with Gasteiger partial charge in [-0.05, 0) is 81.3 Å². The van der Waals surface area contributed by atoms with Crippen molar-refractivity contribution in [3.8, 4) is 0 Å². The molecule has 1 aromatic carbocycles. The Hall–Kier alpha value is -2.22. The van der Waals surface area contributed by atoms with Crippen molar-refractivity contribution < 1.29 is 19.1 Å². The molecule has 1 aliphatic carbocycles. The third kappa shape index (κ3) is 4.46. The van der Waals surface area contributed by atoms with Crippen molar-refractivity contribution in [2.45, 2.75) is 44.6 Å². The number of likely N-dealkylation sites (tertiary alicyclic amines) is 1. The van der Waals surface area contributed by atoms with Gasteiger partial charge in [0.15, 0.2) is 0 Å². The quantitative estimate of drug-likeness (QED) is 0.641. The highest BCUT2D eigenvalue weighted by atomic mass is 35.5. The molecule has 3 fully saturated rings. The van der Waals surface area contributed by atoms with Gasteiger partial charge in [0.05, 0.1) is 37.2 Å². The number of nitrogens with one attached hydrogen (secondary N) is 1. The summed E-state index contributed by atoms with van der Waals surface area (Å²) in [7, 11) is 0. The lowest BCUT2D eigenvalue weighted by atomic mass is 9.85. The summed E-state index contributed by atoms with van der Waals surface area (Å²) in [4.78, 5) is 31.3. The number of carbonyl (C=O) groups excluding carboxylic acids is 2. The molecule has 3 aliphatic rings. The number of halogens is 1. The lowest BCUT2D eigenvalue weighted by Crippen LogP contribution is -2.61. The van der Waals surface area contributed by atoms with Gasteiger partial charge in [-0.3, -0.25) is 14.5 Å². The maximum Gasteiger partial charge on any atom is 0.309 e. The van der Waals surface area contributed by atoms with Crippen LogP contribution in [-0.4, -0.2) is 60.2 Å². The number of rotatable bonds is 6. The number of esters is 1. The van der Waals surface area contributed by atoms with E-state index in [1.54, 1.807) is 13.1 Å². The zero-order valence-electron chi connectivity index (χ0n) is 19.1. The number of carbonyl (C=O) groups is 2. The van der Waals surface area contributed by atoms with Crippen molar-refractivity contribution >= 4 is 40.1 Å². The van der Waals surface area contributed by atoms with Gasteiger partial charge < -0.3 is 14.8 Å². The second kappa shape index (κ2) is 8.85. The van der Waals surface area contributed by atoms with Gasteiger partial charge in [-0.15, -0.1) is 0 Å². The maximum atomic E-state index is 12.5. The summed E-state index contributed by atoms with van der Waals surface area (Å²) in [6.07, 6.45) is 4.39. The van der Waals surface area contributed by atoms with Crippen LogP contribution in [0, 0.1) is 11.8 Å². The molecule has 8 heteroatoms. The van der Waals surface area contributed by atoms with Gasteiger partial charge in [-0.1, -0.05) is 11.6 Å². The minimum atomic E-state index is -0.338. The summed E-state index contributed by atoms with van der Waals surface area (Å²) in [5.41, 5.74) is 1.34. The number of amides is 1. The Balaban J connectivity index is 1.27. The van der Waals surface area contributed by atoms with Crippen molar-refractivity contribution in [3.63, 3.8) is 0 Å². The Morgan fingerprint density at radius 1 is 1.21 bits per heavy atom. The summed E-state index contributed by atoms with van der Waals surface area (Å²) in [6, 6.07) is 5.99. The van der Waals surface area contributed by atoms with Crippen LogP contribution in [0.5, 0.6) is 0 Å². The molecular formula is C25H30ClN3O4. The minimum Gasteiger partial charge on any atom is -0.466 e. The number of anilines is 1. The number of ether oxygens (including phenoxy) is 2. The molecule has 1 saturated carbocycles. The van der Waals surface area contributed by atoms with E-state index in [2.05, 4.69) is 28.2 Å². The van der Waals surface area contributed by atoms with Crippen molar-refractivity contribution in [3.05, 3.63) is 35.0 Å². The maximum absolute atomic E-state index is 12.5. The fourth-order valence-electron chi connectivity index (χ4n) is 5.09. The molecule has 1 aromatic heterocycles. The zero-order chi connectivity index (χ0) is 23.2. The van der Waals surface area contributed by atoms with Crippen molar-refractivity contribution in [2.75, 3.05) is 38.2 Å². The Labute approximate surface area is 198 Å². The number of hydrogen-bond donors (Lipinski definition) is 1. The summed E-state index contributed by atoms with van der Waals surface area (Å²) >= 11 is 6.67. The van der Waals surface area contributed by atoms with Crippen molar-refractivity contribution in [1.29, 1.82) is 0 Å². The molecule has 0 radical (unpaired) electrons. The molecular weight excluding hydrogens is 442 g/mol. The Kier molecular flexibility index (Phi) is 6.05. The average Bonchev–Trinajstić information content (AvgIpc) is 3.59. The second-order valence-electron chi connectivity index (χ2n) is 9.73. The fraction of sp³-hybridized carbons (Fsp3) is 0.560. The van der Waals surface area contributed by atoms with Crippen LogP contribution < -0.4 is 5.32 Å². The molecule has 1 amide bonds. The number of piperidine rings is 1. The van der Waals surface area contributed by atoms with E-state index in [9.17, 15) is 9.59 Å². The van der Waals surface area contributed by atoms with E-state index in [0.717, 1.165) is 60.5 Å². The second-order valence-corrected chi connectivity index (χ2v) is 10.1. The Morgan fingerprint density at radius 3 is 2.64 bits per heavy atom.